The smallest absolute Gasteiger partial charge is 0.337 e. The first-order valence-electron chi connectivity index (χ1n) is 9.43. The summed E-state index contributed by atoms with van der Waals surface area (Å²) >= 11 is 7.57. The number of hydrogen-bond donors (Lipinski definition) is 1. The number of thiazole rings is 1. The number of hydrazone groups is 1. The van der Waals surface area contributed by atoms with E-state index in [-0.39, 0.29) is 5.97 Å². The Morgan fingerprint density at radius 3 is 2.39 bits per heavy atom. The van der Waals surface area contributed by atoms with Crippen molar-refractivity contribution >= 4 is 40.3 Å². The van der Waals surface area contributed by atoms with Crippen LogP contribution >= 0.6 is 22.9 Å². The van der Waals surface area contributed by atoms with Gasteiger partial charge in [-0.15, -0.1) is 0 Å². The van der Waals surface area contributed by atoms with E-state index in [1.807, 2.05) is 42.5 Å². The second kappa shape index (κ2) is 9.55. The van der Waals surface area contributed by atoms with Gasteiger partial charge in [-0.2, -0.15) is 5.10 Å². The summed E-state index contributed by atoms with van der Waals surface area (Å²) in [4.78, 5) is 17.3. The van der Waals surface area contributed by atoms with E-state index in [2.05, 4.69) is 22.7 Å². The molecule has 0 saturated heterocycles. The predicted octanol–water partition coefficient (Wildman–Crippen LogP) is 6.36. The minimum Gasteiger partial charge on any atom is -0.465 e. The predicted molar refractivity (Wildman–Crippen MR) is 127 cm³/mol. The van der Waals surface area contributed by atoms with E-state index < -0.39 is 0 Å². The third-order valence-corrected chi connectivity index (χ3v) is 5.75. The Morgan fingerprint density at radius 2 is 1.71 bits per heavy atom. The van der Waals surface area contributed by atoms with E-state index in [4.69, 9.17) is 21.3 Å². The van der Waals surface area contributed by atoms with Crippen LogP contribution in [-0.2, 0) is 4.74 Å². The van der Waals surface area contributed by atoms with Crippen LogP contribution < -0.4 is 5.43 Å². The first kappa shape index (κ1) is 20.8. The zero-order valence-corrected chi connectivity index (χ0v) is 18.2. The molecule has 4 rings (SSSR count). The van der Waals surface area contributed by atoms with Gasteiger partial charge in [0.2, 0.25) is 5.13 Å². The number of rotatable bonds is 6. The molecule has 5 nitrogen and oxygen atoms in total. The molecule has 0 aliphatic carbocycles. The summed E-state index contributed by atoms with van der Waals surface area (Å²) in [6, 6.07) is 24.7. The molecule has 1 aromatic heterocycles. The van der Waals surface area contributed by atoms with Crippen molar-refractivity contribution in [3.63, 3.8) is 0 Å². The highest BCUT2D eigenvalue weighted by Gasteiger charge is 2.14. The molecule has 31 heavy (non-hydrogen) atoms. The number of benzene rings is 3. The Labute approximate surface area is 189 Å². The van der Waals surface area contributed by atoms with Crippen molar-refractivity contribution in [3.8, 4) is 21.7 Å². The van der Waals surface area contributed by atoms with Gasteiger partial charge in [0.05, 0.1) is 29.5 Å². The number of aromatic nitrogens is 1. The first-order valence-corrected chi connectivity index (χ1v) is 10.6. The normalized spacial score (nSPS) is 10.9. The summed E-state index contributed by atoms with van der Waals surface area (Å²) in [7, 11) is 1.36. The minimum absolute atomic E-state index is 0.368. The van der Waals surface area contributed by atoms with Crippen molar-refractivity contribution in [2.24, 2.45) is 5.10 Å². The second-order valence-corrected chi connectivity index (χ2v) is 7.99. The average molecular weight is 448 g/mol. The quantitative estimate of drug-likeness (QED) is 0.212. The summed E-state index contributed by atoms with van der Waals surface area (Å²) in [6.45, 7) is 0. The van der Waals surface area contributed by atoms with Gasteiger partial charge in [0, 0.05) is 10.6 Å². The third kappa shape index (κ3) is 4.99. The van der Waals surface area contributed by atoms with Crippen LogP contribution in [0.5, 0.6) is 0 Å². The molecule has 0 atom stereocenters. The molecule has 0 fully saturated rings. The van der Waals surface area contributed by atoms with Gasteiger partial charge >= 0.3 is 5.97 Å². The number of ether oxygens (including phenoxy) is 1. The molecule has 0 aliphatic heterocycles. The number of nitrogens with zero attached hydrogens (tertiary/aromatic N) is 2. The summed E-state index contributed by atoms with van der Waals surface area (Å²) in [5, 5.41) is 5.65. The van der Waals surface area contributed by atoms with Crippen LogP contribution in [0.2, 0.25) is 5.02 Å². The van der Waals surface area contributed by atoms with Crippen LogP contribution in [0, 0.1) is 0 Å². The summed E-state index contributed by atoms with van der Waals surface area (Å²) in [6.07, 6.45) is 1.67. The van der Waals surface area contributed by atoms with E-state index in [1.54, 1.807) is 30.5 Å². The van der Waals surface area contributed by atoms with E-state index in [1.165, 1.54) is 18.4 Å². The fourth-order valence-corrected chi connectivity index (χ4v) is 4.01. The van der Waals surface area contributed by atoms with Crippen molar-refractivity contribution in [1.29, 1.82) is 0 Å². The minimum atomic E-state index is -0.368. The van der Waals surface area contributed by atoms with Gasteiger partial charge in [0.15, 0.2) is 0 Å². The standard InChI is InChI=1S/C24H18ClN3O2S/c1-30-23(29)19-9-7-16(8-10-19)15-26-28-24-27-21(17-11-13-20(25)14-12-17)22(31-24)18-5-3-2-4-6-18/h2-15H,1H3,(H,27,28)/b26-15-. The number of halogens is 1. The number of carbonyl (C=O) groups excluding carboxylic acids is 1. The summed E-state index contributed by atoms with van der Waals surface area (Å²) in [5.74, 6) is -0.368. The summed E-state index contributed by atoms with van der Waals surface area (Å²) in [5.41, 5.74) is 7.28. The first-order chi connectivity index (χ1) is 15.1. The fraction of sp³-hybridized carbons (Fsp3) is 0.0417. The van der Waals surface area contributed by atoms with Crippen LogP contribution in [0.15, 0.2) is 84.0 Å². The molecular weight excluding hydrogens is 430 g/mol. The van der Waals surface area contributed by atoms with Crippen molar-refractivity contribution in [2.45, 2.75) is 0 Å². The molecule has 0 bridgehead atoms. The van der Waals surface area contributed by atoms with Gasteiger partial charge in [-0.1, -0.05) is 77.5 Å². The zero-order valence-electron chi connectivity index (χ0n) is 16.6. The Bertz CT molecular complexity index is 1200. The molecule has 1 heterocycles. The Morgan fingerprint density at radius 1 is 1.00 bits per heavy atom. The van der Waals surface area contributed by atoms with Gasteiger partial charge in [-0.3, -0.25) is 5.43 Å². The largest absolute Gasteiger partial charge is 0.465 e. The van der Waals surface area contributed by atoms with Crippen LogP contribution in [0.4, 0.5) is 5.13 Å². The highest BCUT2D eigenvalue weighted by molar-refractivity contribution is 7.19. The number of nitrogens with one attached hydrogen (secondary N) is 1. The molecule has 3 aromatic carbocycles. The lowest BCUT2D eigenvalue weighted by Crippen LogP contribution is -2.00. The molecule has 4 aromatic rings. The van der Waals surface area contributed by atoms with Crippen molar-refractivity contribution in [3.05, 3.63) is 95.0 Å². The Hall–Kier alpha value is -3.48. The van der Waals surface area contributed by atoms with Crippen molar-refractivity contribution in [1.82, 2.24) is 4.98 Å². The van der Waals surface area contributed by atoms with Crippen LogP contribution in [0.25, 0.3) is 21.7 Å². The van der Waals surface area contributed by atoms with Gasteiger partial charge in [0.1, 0.15) is 0 Å². The Kier molecular flexibility index (Phi) is 6.40. The zero-order chi connectivity index (χ0) is 21.6. The molecule has 0 radical (unpaired) electrons. The Balaban J connectivity index is 1.58. The maximum atomic E-state index is 11.5. The molecule has 0 spiro atoms. The van der Waals surface area contributed by atoms with E-state index in [9.17, 15) is 4.79 Å². The number of anilines is 1. The number of esters is 1. The number of carbonyl (C=O) groups is 1. The lowest BCUT2D eigenvalue weighted by molar-refractivity contribution is 0.0600. The van der Waals surface area contributed by atoms with Crippen molar-refractivity contribution < 1.29 is 9.53 Å². The molecule has 7 heteroatoms. The monoisotopic (exact) mass is 447 g/mol. The van der Waals surface area contributed by atoms with Gasteiger partial charge in [0.25, 0.3) is 0 Å². The van der Waals surface area contributed by atoms with Gasteiger partial charge in [-0.25, -0.2) is 9.78 Å². The molecule has 0 unspecified atom stereocenters. The highest BCUT2D eigenvalue weighted by Crippen LogP contribution is 2.39. The van der Waals surface area contributed by atoms with E-state index in [0.717, 1.165) is 27.3 Å². The average Bonchev–Trinajstić information content (AvgIpc) is 3.24. The molecule has 1 N–H and O–H groups in total. The maximum absolute atomic E-state index is 11.5. The molecule has 154 valence electrons. The number of methoxy groups -OCH3 is 1. The van der Waals surface area contributed by atoms with Gasteiger partial charge in [-0.05, 0) is 35.4 Å². The molecule has 0 saturated carbocycles. The van der Waals surface area contributed by atoms with Gasteiger partial charge < -0.3 is 4.74 Å². The van der Waals surface area contributed by atoms with Crippen molar-refractivity contribution in [2.75, 3.05) is 12.5 Å². The van der Waals surface area contributed by atoms with Crippen LogP contribution in [-0.4, -0.2) is 24.3 Å². The second-order valence-electron chi connectivity index (χ2n) is 6.55. The topological polar surface area (TPSA) is 63.6 Å². The van der Waals surface area contributed by atoms with E-state index in [0.29, 0.717) is 15.7 Å². The SMILES string of the molecule is COC(=O)c1ccc(/C=N\Nc2nc(-c3ccc(Cl)cc3)c(-c3ccccc3)s2)cc1. The molecule has 0 amide bonds. The third-order valence-electron chi connectivity index (χ3n) is 4.49. The highest BCUT2D eigenvalue weighted by atomic mass is 35.5. The molecular formula is C24H18ClN3O2S. The lowest BCUT2D eigenvalue weighted by atomic mass is 10.1. The van der Waals surface area contributed by atoms with E-state index >= 15 is 0 Å². The van der Waals surface area contributed by atoms with Crippen LogP contribution in [0.3, 0.4) is 0 Å². The lowest BCUT2D eigenvalue weighted by Gasteiger charge is -2.02. The van der Waals surface area contributed by atoms with Crippen LogP contribution in [0.1, 0.15) is 15.9 Å². The number of hydrogen-bond acceptors (Lipinski definition) is 6. The summed E-state index contributed by atoms with van der Waals surface area (Å²) < 4.78 is 4.71. The molecule has 0 aliphatic rings. The fourth-order valence-electron chi connectivity index (χ4n) is 2.94. The maximum Gasteiger partial charge on any atom is 0.337 e.